The van der Waals surface area contributed by atoms with Gasteiger partial charge in [-0.2, -0.15) is 0 Å². The minimum absolute atomic E-state index is 0.0759. The van der Waals surface area contributed by atoms with Gasteiger partial charge in [-0.15, -0.1) is 0 Å². The third kappa shape index (κ3) is 6.59. The fraction of sp³-hybridized carbons (Fsp3) is 0.300. The number of hydrogen-bond donors (Lipinski definition) is 1. The molecule has 0 saturated carbocycles. The maximum absolute atomic E-state index is 12.1. The summed E-state index contributed by atoms with van der Waals surface area (Å²) in [6, 6.07) is 14.4. The minimum atomic E-state index is -0.374. The number of rotatable bonds is 8. The second kappa shape index (κ2) is 9.84. The highest BCUT2D eigenvalue weighted by Crippen LogP contribution is 2.14. The lowest BCUT2D eigenvalue weighted by Gasteiger charge is -2.08. The van der Waals surface area contributed by atoms with Gasteiger partial charge >= 0.3 is 5.97 Å². The number of esters is 1. The number of halogens is 1. The summed E-state index contributed by atoms with van der Waals surface area (Å²) in [4.78, 5) is 23.9. The molecular formula is C20H22ClNO3. The van der Waals surface area contributed by atoms with Crippen molar-refractivity contribution in [1.29, 1.82) is 0 Å². The summed E-state index contributed by atoms with van der Waals surface area (Å²) in [5.41, 5.74) is 2.19. The molecule has 0 spiro atoms. The van der Waals surface area contributed by atoms with Crippen molar-refractivity contribution in [3.8, 4) is 0 Å². The van der Waals surface area contributed by atoms with Crippen LogP contribution in [0.25, 0.3) is 0 Å². The Balaban J connectivity index is 1.81. The quantitative estimate of drug-likeness (QED) is 0.684. The molecule has 1 amide bonds. The number of carbonyl (C=O) groups excluding carboxylic acids is 2. The number of ether oxygens (including phenoxy) is 1. The zero-order valence-corrected chi connectivity index (χ0v) is 15.0. The molecule has 0 bridgehead atoms. The second-order valence-electron chi connectivity index (χ2n) is 5.74. The van der Waals surface area contributed by atoms with E-state index >= 15 is 0 Å². The highest BCUT2D eigenvalue weighted by atomic mass is 35.5. The highest BCUT2D eigenvalue weighted by Gasteiger charge is 2.09. The Hall–Kier alpha value is -2.33. The van der Waals surface area contributed by atoms with E-state index in [9.17, 15) is 9.59 Å². The fourth-order valence-corrected chi connectivity index (χ4v) is 2.46. The normalized spacial score (nSPS) is 10.3. The van der Waals surface area contributed by atoms with Gasteiger partial charge < -0.3 is 10.1 Å². The van der Waals surface area contributed by atoms with Crippen molar-refractivity contribution < 1.29 is 14.3 Å². The molecule has 0 heterocycles. The van der Waals surface area contributed by atoms with Gasteiger partial charge in [0.15, 0.2) is 0 Å². The largest absolute Gasteiger partial charge is 0.462 e. The average molecular weight is 360 g/mol. The molecule has 132 valence electrons. The maximum atomic E-state index is 12.1. The first-order chi connectivity index (χ1) is 12.1. The van der Waals surface area contributed by atoms with Crippen molar-refractivity contribution in [3.05, 3.63) is 64.7 Å². The summed E-state index contributed by atoms with van der Waals surface area (Å²) in [5, 5.41) is 3.53. The van der Waals surface area contributed by atoms with Crippen LogP contribution in [0.2, 0.25) is 5.02 Å². The molecule has 2 aromatic carbocycles. The standard InChI is InChI=1S/C20H22ClNO3/c1-2-13-25-20(24)16-6-4-7-18(14-16)22-19(23)8-3-5-15-9-11-17(21)12-10-15/h4,6-7,9-12,14H,2-3,5,8,13H2,1H3,(H,22,23). The van der Waals surface area contributed by atoms with E-state index in [2.05, 4.69) is 5.32 Å². The predicted molar refractivity (Wildman–Crippen MR) is 100 cm³/mol. The molecular weight excluding hydrogens is 338 g/mol. The number of amides is 1. The first kappa shape index (κ1) is 19.0. The van der Waals surface area contributed by atoms with Crippen molar-refractivity contribution in [2.45, 2.75) is 32.6 Å². The van der Waals surface area contributed by atoms with Crippen LogP contribution in [-0.4, -0.2) is 18.5 Å². The van der Waals surface area contributed by atoms with Gasteiger partial charge in [0.2, 0.25) is 5.91 Å². The Labute approximate surface area is 153 Å². The lowest BCUT2D eigenvalue weighted by Crippen LogP contribution is -2.12. The molecule has 0 aliphatic carbocycles. The van der Waals surface area contributed by atoms with Gasteiger partial charge in [-0.05, 0) is 55.2 Å². The molecule has 4 nitrogen and oxygen atoms in total. The van der Waals surface area contributed by atoms with E-state index in [-0.39, 0.29) is 11.9 Å². The summed E-state index contributed by atoms with van der Waals surface area (Å²) in [6.45, 7) is 2.33. The van der Waals surface area contributed by atoms with E-state index in [1.807, 2.05) is 31.2 Å². The van der Waals surface area contributed by atoms with Crippen molar-refractivity contribution in [2.75, 3.05) is 11.9 Å². The van der Waals surface area contributed by atoms with Crippen LogP contribution in [0.1, 0.15) is 42.1 Å². The molecule has 0 radical (unpaired) electrons. The predicted octanol–water partition coefficient (Wildman–Crippen LogP) is 4.87. The molecule has 0 aliphatic heterocycles. The summed E-state index contributed by atoms with van der Waals surface area (Å²) in [5.74, 6) is -0.450. The monoisotopic (exact) mass is 359 g/mol. The highest BCUT2D eigenvalue weighted by molar-refractivity contribution is 6.30. The Kier molecular flexibility index (Phi) is 7.48. The molecule has 25 heavy (non-hydrogen) atoms. The van der Waals surface area contributed by atoms with E-state index < -0.39 is 0 Å². The molecule has 2 aromatic rings. The van der Waals surface area contributed by atoms with Crippen molar-refractivity contribution in [1.82, 2.24) is 0 Å². The van der Waals surface area contributed by atoms with Crippen molar-refractivity contribution >= 4 is 29.2 Å². The Morgan fingerprint density at radius 3 is 2.60 bits per heavy atom. The first-order valence-electron chi connectivity index (χ1n) is 8.40. The molecule has 0 aliphatic rings. The average Bonchev–Trinajstić information content (AvgIpc) is 2.61. The smallest absolute Gasteiger partial charge is 0.338 e. The van der Waals surface area contributed by atoms with Crippen LogP contribution in [0.3, 0.4) is 0 Å². The minimum Gasteiger partial charge on any atom is -0.462 e. The van der Waals surface area contributed by atoms with E-state index in [0.717, 1.165) is 24.8 Å². The molecule has 0 aromatic heterocycles. The van der Waals surface area contributed by atoms with E-state index in [1.54, 1.807) is 24.3 Å². The zero-order chi connectivity index (χ0) is 18.1. The number of hydrogen-bond acceptors (Lipinski definition) is 3. The molecule has 0 atom stereocenters. The van der Waals surface area contributed by atoms with Gasteiger partial charge in [-0.3, -0.25) is 4.79 Å². The molecule has 2 rings (SSSR count). The fourth-order valence-electron chi connectivity index (χ4n) is 2.33. The van der Waals surface area contributed by atoms with Gasteiger partial charge in [0.05, 0.1) is 12.2 Å². The van der Waals surface area contributed by atoms with Crippen LogP contribution >= 0.6 is 11.6 Å². The Bertz CT molecular complexity index is 713. The molecule has 0 fully saturated rings. The van der Waals surface area contributed by atoms with Gasteiger partial charge in [0.25, 0.3) is 0 Å². The zero-order valence-electron chi connectivity index (χ0n) is 14.3. The molecule has 5 heteroatoms. The number of benzene rings is 2. The van der Waals surface area contributed by atoms with Crippen LogP contribution in [0, 0.1) is 0 Å². The number of aryl methyl sites for hydroxylation is 1. The Morgan fingerprint density at radius 2 is 1.88 bits per heavy atom. The van der Waals surface area contributed by atoms with Gasteiger partial charge in [0.1, 0.15) is 0 Å². The van der Waals surface area contributed by atoms with Crippen LogP contribution < -0.4 is 5.32 Å². The van der Waals surface area contributed by atoms with E-state index in [4.69, 9.17) is 16.3 Å². The third-order valence-corrected chi connectivity index (χ3v) is 3.85. The Morgan fingerprint density at radius 1 is 1.12 bits per heavy atom. The van der Waals surface area contributed by atoms with Crippen molar-refractivity contribution in [2.24, 2.45) is 0 Å². The lowest BCUT2D eigenvalue weighted by atomic mass is 10.1. The SMILES string of the molecule is CCCOC(=O)c1cccc(NC(=O)CCCc2ccc(Cl)cc2)c1. The number of anilines is 1. The molecule has 1 N–H and O–H groups in total. The van der Waals surface area contributed by atoms with Crippen LogP contribution in [0.4, 0.5) is 5.69 Å². The topological polar surface area (TPSA) is 55.4 Å². The summed E-state index contributed by atoms with van der Waals surface area (Å²) in [7, 11) is 0. The summed E-state index contributed by atoms with van der Waals surface area (Å²) >= 11 is 5.85. The summed E-state index contributed by atoms with van der Waals surface area (Å²) in [6.07, 6.45) is 2.74. The lowest BCUT2D eigenvalue weighted by molar-refractivity contribution is -0.116. The van der Waals surface area contributed by atoms with E-state index in [0.29, 0.717) is 29.3 Å². The van der Waals surface area contributed by atoms with Crippen LogP contribution in [-0.2, 0) is 16.0 Å². The second-order valence-corrected chi connectivity index (χ2v) is 6.18. The van der Waals surface area contributed by atoms with Crippen LogP contribution in [0.5, 0.6) is 0 Å². The van der Waals surface area contributed by atoms with Crippen molar-refractivity contribution in [3.63, 3.8) is 0 Å². The summed E-state index contributed by atoms with van der Waals surface area (Å²) < 4.78 is 5.10. The third-order valence-electron chi connectivity index (χ3n) is 3.60. The van der Waals surface area contributed by atoms with E-state index in [1.165, 1.54) is 0 Å². The maximum Gasteiger partial charge on any atom is 0.338 e. The van der Waals surface area contributed by atoms with Gasteiger partial charge in [-0.25, -0.2) is 4.79 Å². The molecule has 0 unspecified atom stereocenters. The molecule has 0 saturated heterocycles. The first-order valence-corrected chi connectivity index (χ1v) is 8.77. The van der Waals surface area contributed by atoms with Crippen LogP contribution in [0.15, 0.2) is 48.5 Å². The number of nitrogens with one attached hydrogen (secondary N) is 1. The van der Waals surface area contributed by atoms with Gasteiger partial charge in [0, 0.05) is 17.1 Å². The van der Waals surface area contributed by atoms with Gasteiger partial charge in [-0.1, -0.05) is 36.7 Å². The number of carbonyl (C=O) groups is 2.